The van der Waals surface area contributed by atoms with Gasteiger partial charge in [0.15, 0.2) is 0 Å². The summed E-state index contributed by atoms with van der Waals surface area (Å²) in [6.07, 6.45) is 4.02. The number of hydrogen-bond donors (Lipinski definition) is 5. The lowest BCUT2D eigenvalue weighted by atomic mass is 10.1. The summed E-state index contributed by atoms with van der Waals surface area (Å²) in [6.45, 7) is 12.6. The van der Waals surface area contributed by atoms with Crippen LogP contribution in [0, 0.1) is 0 Å². The number of nitrogens with one attached hydrogen (secondary N) is 1. The second-order valence-electron chi connectivity index (χ2n) is 7.32. The molecule has 0 aromatic carbocycles. The molecule has 5 N–H and O–H groups in total. The maximum absolute atomic E-state index is 10.4. The lowest BCUT2D eigenvalue weighted by Gasteiger charge is -2.39. The Hall–Kier alpha value is 0.300. The third-order valence-electron chi connectivity index (χ3n) is 4.70. The van der Waals surface area contributed by atoms with Gasteiger partial charge in [-0.2, -0.15) is 0 Å². The molecule has 1 aliphatic heterocycles. The van der Waals surface area contributed by atoms with Gasteiger partial charge < -0.3 is 34.5 Å². The van der Waals surface area contributed by atoms with Crippen LogP contribution in [0.1, 0.15) is 66.2 Å². The van der Waals surface area contributed by atoms with Crippen LogP contribution in [0.15, 0.2) is 0 Å². The lowest BCUT2D eigenvalue weighted by Crippen LogP contribution is -3.12. The number of thioether (sulfide) groups is 1. The molecule has 1 fully saturated rings. The molecule has 0 radical (unpaired) electrons. The Morgan fingerprint density at radius 2 is 1.36 bits per heavy atom. The number of unbranched alkanes of at least 4 members (excludes halogenated alkanes) is 3. The van der Waals surface area contributed by atoms with Crippen molar-refractivity contribution >= 4 is 19.6 Å². The van der Waals surface area contributed by atoms with E-state index in [1.807, 2.05) is 4.90 Å². The second-order valence-corrected chi connectivity index (χ2v) is 9.94. The fourth-order valence-corrected chi connectivity index (χ4v) is 4.87. The van der Waals surface area contributed by atoms with Crippen LogP contribution in [0.3, 0.4) is 0 Å². The predicted molar refractivity (Wildman–Crippen MR) is 110 cm³/mol. The average molecular weight is 446 g/mol. The Morgan fingerprint density at radius 1 is 0.929 bits per heavy atom. The van der Waals surface area contributed by atoms with Gasteiger partial charge in [-0.3, -0.25) is 4.57 Å². The van der Waals surface area contributed by atoms with Gasteiger partial charge in [0.1, 0.15) is 17.6 Å². The van der Waals surface area contributed by atoms with Gasteiger partial charge in [0, 0.05) is 5.25 Å². The first-order valence-electron chi connectivity index (χ1n) is 10.3. The van der Waals surface area contributed by atoms with Crippen LogP contribution < -0.4 is 9.79 Å². The van der Waals surface area contributed by atoms with E-state index >= 15 is 0 Å². The van der Waals surface area contributed by atoms with Crippen LogP contribution >= 0.6 is 19.6 Å². The van der Waals surface area contributed by atoms with Crippen molar-refractivity contribution < 1.29 is 39.1 Å². The van der Waals surface area contributed by atoms with E-state index in [9.17, 15) is 24.8 Å². The number of hydrogen-bond acceptors (Lipinski definition) is 7. The maximum atomic E-state index is 10.4. The van der Waals surface area contributed by atoms with E-state index in [0.717, 1.165) is 11.8 Å². The Labute approximate surface area is 173 Å². The van der Waals surface area contributed by atoms with Gasteiger partial charge in [-0.25, -0.2) is 0 Å². The van der Waals surface area contributed by atoms with Gasteiger partial charge in [-0.05, 0) is 19.3 Å². The number of rotatable bonds is 11. The molecule has 0 bridgehead atoms. The lowest BCUT2D eigenvalue weighted by molar-refractivity contribution is -0.900. The first kappa shape index (κ1) is 28.3. The zero-order chi connectivity index (χ0) is 21.7. The van der Waals surface area contributed by atoms with Gasteiger partial charge >= 0.3 is 0 Å². The van der Waals surface area contributed by atoms with Crippen molar-refractivity contribution in [1.29, 1.82) is 0 Å². The normalized spacial score (nSPS) is 29.9. The van der Waals surface area contributed by atoms with Crippen LogP contribution in [0.4, 0.5) is 0 Å². The molecule has 1 heterocycles. The molecule has 0 amide bonds. The van der Waals surface area contributed by atoms with E-state index in [-0.39, 0.29) is 0 Å². The van der Waals surface area contributed by atoms with E-state index in [1.165, 1.54) is 65.1 Å². The highest BCUT2D eigenvalue weighted by Gasteiger charge is 2.43. The van der Waals surface area contributed by atoms with Gasteiger partial charge in [0.05, 0.1) is 25.7 Å². The van der Waals surface area contributed by atoms with E-state index in [1.54, 1.807) is 0 Å². The van der Waals surface area contributed by atoms with E-state index < -0.39 is 36.8 Å². The molecule has 0 spiro atoms. The second kappa shape index (κ2) is 15.2. The fraction of sp³-hybridized carbons (Fsp3) is 1.00. The van der Waals surface area contributed by atoms with Crippen LogP contribution in [0.25, 0.3) is 0 Å². The fourth-order valence-electron chi connectivity index (χ4n) is 2.89. The third-order valence-corrected chi connectivity index (χ3v) is 6.68. The SMILES string of the molecule is CCCC[NH+](CCCC)CCCC.C[C@@H]1S[C@H](OP(=O)([O-])O)[C@@H](O)[C@H](O)[C@@H]1O. The van der Waals surface area contributed by atoms with Gasteiger partial charge in [-0.15, -0.1) is 11.8 Å². The topological polar surface area (TPSA) is 135 Å². The minimum absolute atomic E-state index is 0.514. The molecule has 0 aromatic rings. The zero-order valence-electron chi connectivity index (χ0n) is 17.6. The highest BCUT2D eigenvalue weighted by Crippen LogP contribution is 2.42. The molecular weight excluding hydrogens is 405 g/mol. The molecule has 0 aromatic heterocycles. The summed E-state index contributed by atoms with van der Waals surface area (Å²) in [6, 6.07) is 0. The molecule has 1 aliphatic rings. The average Bonchev–Trinajstić information content (AvgIpc) is 2.63. The molecule has 0 aliphatic carbocycles. The largest absolute Gasteiger partial charge is 0.756 e. The highest BCUT2D eigenvalue weighted by molar-refractivity contribution is 8.00. The van der Waals surface area contributed by atoms with Gasteiger partial charge in [0.25, 0.3) is 7.82 Å². The van der Waals surface area contributed by atoms with Crippen molar-refractivity contribution in [2.24, 2.45) is 0 Å². The monoisotopic (exact) mass is 445 g/mol. The molecule has 1 unspecified atom stereocenters. The zero-order valence-corrected chi connectivity index (χ0v) is 19.3. The standard InChI is InChI=1S/C12H27N.C6H13O7PS/c1-4-7-10-13(11-8-5-2)12-9-6-3;1-2-3(7)4(8)5(9)6(15-2)13-14(10,11)12/h4-12H2,1-3H3;2-9H,1H3,(H2,10,11,12)/t;2-,3+,4+,5-,6-/m.0/s1. The predicted octanol–water partition coefficient (Wildman–Crippen LogP) is 0.279. The highest BCUT2D eigenvalue weighted by atomic mass is 32.2. The van der Waals surface area contributed by atoms with Crippen LogP contribution in [0.5, 0.6) is 0 Å². The van der Waals surface area contributed by atoms with Gasteiger partial charge in [-0.1, -0.05) is 47.0 Å². The summed E-state index contributed by atoms with van der Waals surface area (Å²) < 4.78 is 14.6. The summed E-state index contributed by atoms with van der Waals surface area (Å²) >= 11 is 0.819. The van der Waals surface area contributed by atoms with Crippen LogP contribution in [-0.2, 0) is 9.09 Å². The molecular formula is C18H40NO7PS. The number of phosphoric acid groups is 1. The van der Waals surface area contributed by atoms with Crippen LogP contribution in [-0.4, -0.2) is 68.8 Å². The summed E-state index contributed by atoms with van der Waals surface area (Å²) in [4.78, 5) is 20.7. The van der Waals surface area contributed by atoms with E-state index in [2.05, 4.69) is 25.3 Å². The van der Waals surface area contributed by atoms with Crippen molar-refractivity contribution in [3.63, 3.8) is 0 Å². The number of aliphatic hydroxyl groups excluding tert-OH is 3. The molecule has 28 heavy (non-hydrogen) atoms. The number of quaternary nitrogens is 1. The minimum Gasteiger partial charge on any atom is -0.756 e. The quantitative estimate of drug-likeness (QED) is 0.286. The molecule has 1 rings (SSSR count). The molecule has 0 saturated carbocycles. The molecule has 1 saturated heterocycles. The van der Waals surface area contributed by atoms with Gasteiger partial charge in [0.2, 0.25) is 0 Å². The summed E-state index contributed by atoms with van der Waals surface area (Å²) in [5, 5.41) is 27.5. The number of phosphoric ester groups is 1. The van der Waals surface area contributed by atoms with Crippen molar-refractivity contribution in [1.82, 2.24) is 0 Å². The first-order valence-corrected chi connectivity index (χ1v) is 12.8. The van der Waals surface area contributed by atoms with Crippen molar-refractivity contribution in [2.45, 2.75) is 95.2 Å². The molecule has 170 valence electrons. The first-order chi connectivity index (χ1) is 13.1. The Kier molecular flexibility index (Phi) is 15.3. The molecule has 8 nitrogen and oxygen atoms in total. The smallest absolute Gasteiger partial charge is 0.266 e. The number of aliphatic hydroxyl groups is 3. The Morgan fingerprint density at radius 3 is 1.71 bits per heavy atom. The molecule has 6 atom stereocenters. The maximum Gasteiger partial charge on any atom is 0.266 e. The van der Waals surface area contributed by atoms with Crippen LogP contribution in [0.2, 0.25) is 0 Å². The van der Waals surface area contributed by atoms with E-state index in [4.69, 9.17) is 4.89 Å². The van der Waals surface area contributed by atoms with Crippen molar-refractivity contribution in [2.75, 3.05) is 19.6 Å². The van der Waals surface area contributed by atoms with Crippen molar-refractivity contribution in [3.8, 4) is 0 Å². The Bertz CT molecular complexity index is 421. The summed E-state index contributed by atoms with van der Waals surface area (Å²) in [5.41, 5.74) is -1.31. The minimum atomic E-state index is -4.97. The molecule has 10 heteroatoms. The summed E-state index contributed by atoms with van der Waals surface area (Å²) in [5.74, 6) is 0. The Balaban J connectivity index is 0.000000528. The third kappa shape index (κ3) is 12.1. The van der Waals surface area contributed by atoms with E-state index in [0.29, 0.717) is 0 Å². The van der Waals surface area contributed by atoms with Crippen molar-refractivity contribution in [3.05, 3.63) is 0 Å². The summed E-state index contributed by atoms with van der Waals surface area (Å²) in [7, 11) is -4.97.